The second-order valence-electron chi connectivity index (χ2n) is 10.4. The number of aliphatic hydroxyl groups is 1. The van der Waals surface area contributed by atoms with Crippen LogP contribution in [0.2, 0.25) is 5.02 Å². The number of aliphatic hydroxyl groups excluding tert-OH is 1. The number of carbonyl (C=O) groups is 3. The number of aliphatic carboxylic acids is 1. The number of ether oxygens (including phenoxy) is 2. The van der Waals surface area contributed by atoms with E-state index in [0.717, 1.165) is 27.8 Å². The summed E-state index contributed by atoms with van der Waals surface area (Å²) in [6.45, 7) is 3.97. The third-order valence-electron chi connectivity index (χ3n) is 6.94. The van der Waals surface area contributed by atoms with Crippen LogP contribution in [0.5, 0.6) is 0 Å². The highest BCUT2D eigenvalue weighted by Gasteiger charge is 2.27. The zero-order valence-corrected chi connectivity index (χ0v) is 26.7. The highest BCUT2D eigenvalue weighted by atomic mass is 35.5. The van der Waals surface area contributed by atoms with E-state index in [0.29, 0.717) is 24.5 Å². The molecule has 8 nitrogen and oxygen atoms in total. The monoisotopic (exact) mass is 645 g/mol. The smallest absolute Gasteiger partial charge is 0.335 e. The van der Waals surface area contributed by atoms with Crippen molar-refractivity contribution in [1.29, 1.82) is 0 Å². The first-order valence-electron chi connectivity index (χ1n) is 15.1. The maximum atomic E-state index is 12.5. The number of halogens is 1. The molecule has 3 N–H and O–H groups in total. The van der Waals surface area contributed by atoms with Gasteiger partial charge in [-0.2, -0.15) is 0 Å². The number of carboxylic acids is 1. The number of esters is 2. The molecule has 0 radical (unpaired) electrons. The molecule has 0 aliphatic heterocycles. The Balaban J connectivity index is 0.000000344. The van der Waals surface area contributed by atoms with Crippen LogP contribution < -0.4 is 5.32 Å². The summed E-state index contributed by atoms with van der Waals surface area (Å²) in [5.41, 5.74) is 4.67. The van der Waals surface area contributed by atoms with E-state index in [1.54, 1.807) is 13.8 Å². The lowest BCUT2D eigenvalue weighted by atomic mass is 9.99. The lowest BCUT2D eigenvalue weighted by Gasteiger charge is -2.22. The van der Waals surface area contributed by atoms with E-state index < -0.39 is 36.1 Å². The molecule has 4 aromatic rings. The highest BCUT2D eigenvalue weighted by Crippen LogP contribution is 2.23. The van der Waals surface area contributed by atoms with E-state index in [1.165, 1.54) is 0 Å². The summed E-state index contributed by atoms with van der Waals surface area (Å²) in [6.07, 6.45) is -0.176. The van der Waals surface area contributed by atoms with Crippen LogP contribution in [0.25, 0.3) is 11.1 Å². The Morgan fingerprint density at radius 2 is 1.17 bits per heavy atom. The van der Waals surface area contributed by atoms with Crippen molar-refractivity contribution in [2.75, 3.05) is 13.2 Å². The molecule has 0 saturated carbocycles. The molecule has 4 aromatic carbocycles. The normalized spacial score (nSPS) is 12.5. The third-order valence-corrected chi connectivity index (χ3v) is 7.17. The highest BCUT2D eigenvalue weighted by molar-refractivity contribution is 6.30. The minimum Gasteiger partial charge on any atom is -0.480 e. The molecule has 0 aliphatic rings. The van der Waals surface area contributed by atoms with E-state index >= 15 is 0 Å². The predicted molar refractivity (Wildman–Crippen MR) is 179 cm³/mol. The van der Waals surface area contributed by atoms with Crippen LogP contribution in [0, 0.1) is 0 Å². The number of benzene rings is 4. The van der Waals surface area contributed by atoms with Gasteiger partial charge in [-0.25, -0.2) is 4.79 Å². The molecule has 0 saturated heterocycles. The zero-order valence-electron chi connectivity index (χ0n) is 26.0. The fourth-order valence-corrected chi connectivity index (χ4v) is 4.85. The Hall–Kier alpha value is -4.50. The Bertz CT molecular complexity index is 1510. The van der Waals surface area contributed by atoms with Gasteiger partial charge < -0.3 is 19.7 Å². The van der Waals surface area contributed by atoms with Gasteiger partial charge in [-0.3, -0.25) is 14.9 Å². The molecule has 0 spiro atoms. The predicted octanol–water partition coefficient (Wildman–Crippen LogP) is 5.92. The van der Waals surface area contributed by atoms with Crippen molar-refractivity contribution >= 4 is 29.5 Å². The molecular formula is C37H40ClNO7. The first-order chi connectivity index (χ1) is 22.2. The summed E-state index contributed by atoms with van der Waals surface area (Å²) in [7, 11) is 0. The van der Waals surface area contributed by atoms with Gasteiger partial charge in [0.1, 0.15) is 12.1 Å². The van der Waals surface area contributed by atoms with Crippen LogP contribution in [0.3, 0.4) is 0 Å². The van der Waals surface area contributed by atoms with Gasteiger partial charge in [-0.1, -0.05) is 109 Å². The van der Waals surface area contributed by atoms with Gasteiger partial charge >= 0.3 is 17.9 Å². The van der Waals surface area contributed by atoms with Crippen LogP contribution in [-0.4, -0.2) is 59.5 Å². The number of hydrogen-bond donors (Lipinski definition) is 3. The number of nitrogens with one attached hydrogen (secondary N) is 1. The molecule has 0 aliphatic carbocycles. The van der Waals surface area contributed by atoms with E-state index in [2.05, 4.69) is 10.1 Å². The van der Waals surface area contributed by atoms with E-state index in [1.807, 2.05) is 109 Å². The Labute approximate surface area is 275 Å². The standard InChI is InChI=1S/C26H26ClNO4.C11H14O3/c1-2-32-26(31)24(16-18-7-4-3-5-8-18)28-23(25(29)30)15-19-11-13-20(14-12-19)21-9-6-10-22(27)17-21;1-2-14-11(13)10(12)8-9-6-4-3-5-7-9/h3-14,17,23-24,28H,2,15-16H2,1H3,(H,29,30);3-7,10,12H,2,8H2,1H3/t23-,24-;10-/m01/s1. The van der Waals surface area contributed by atoms with Gasteiger partial charge in [0, 0.05) is 11.4 Å². The topological polar surface area (TPSA) is 122 Å². The summed E-state index contributed by atoms with van der Waals surface area (Å²) in [5, 5.41) is 22.9. The lowest BCUT2D eigenvalue weighted by molar-refractivity contribution is -0.153. The van der Waals surface area contributed by atoms with Crippen molar-refractivity contribution < 1.29 is 34.1 Å². The lowest BCUT2D eigenvalue weighted by Crippen LogP contribution is -2.49. The fourth-order valence-electron chi connectivity index (χ4n) is 4.66. The largest absolute Gasteiger partial charge is 0.480 e. The summed E-state index contributed by atoms with van der Waals surface area (Å²) in [6, 6.07) is 32.3. The van der Waals surface area contributed by atoms with Crippen LogP contribution in [0.4, 0.5) is 0 Å². The molecule has 0 bridgehead atoms. The first kappa shape index (κ1) is 36.0. The maximum absolute atomic E-state index is 12.5. The number of hydrogen-bond acceptors (Lipinski definition) is 7. The summed E-state index contributed by atoms with van der Waals surface area (Å²) in [5.74, 6) is -2.04. The summed E-state index contributed by atoms with van der Waals surface area (Å²) < 4.78 is 9.86. The van der Waals surface area contributed by atoms with Crippen LogP contribution in [0.15, 0.2) is 109 Å². The van der Waals surface area contributed by atoms with Crippen molar-refractivity contribution in [2.24, 2.45) is 0 Å². The van der Waals surface area contributed by atoms with E-state index in [4.69, 9.17) is 16.3 Å². The first-order valence-corrected chi connectivity index (χ1v) is 15.5. The molecular weight excluding hydrogens is 606 g/mol. The molecule has 242 valence electrons. The SMILES string of the molecule is CCOC(=O)[C@H](Cc1ccccc1)N[C@@H](Cc1ccc(-c2cccc(Cl)c2)cc1)C(=O)O.CCOC(=O)[C@H](O)Cc1ccccc1. The second kappa shape index (κ2) is 19.1. The molecule has 0 amide bonds. The van der Waals surface area contributed by atoms with Crippen molar-refractivity contribution in [3.05, 3.63) is 131 Å². The Morgan fingerprint density at radius 3 is 1.72 bits per heavy atom. The van der Waals surface area contributed by atoms with Crippen molar-refractivity contribution in [2.45, 2.75) is 51.3 Å². The molecule has 3 atom stereocenters. The van der Waals surface area contributed by atoms with Gasteiger partial charge in [0.05, 0.1) is 13.2 Å². The van der Waals surface area contributed by atoms with Gasteiger partial charge in [0.25, 0.3) is 0 Å². The summed E-state index contributed by atoms with van der Waals surface area (Å²) >= 11 is 6.07. The van der Waals surface area contributed by atoms with Gasteiger partial charge in [-0.15, -0.1) is 0 Å². The molecule has 46 heavy (non-hydrogen) atoms. The fraction of sp³-hybridized carbons (Fsp3) is 0.270. The molecule has 4 rings (SSSR count). The minimum absolute atomic E-state index is 0.231. The summed E-state index contributed by atoms with van der Waals surface area (Å²) in [4.78, 5) is 35.5. The third kappa shape index (κ3) is 12.1. The minimum atomic E-state index is -1.06. The average Bonchev–Trinajstić information content (AvgIpc) is 3.06. The van der Waals surface area contributed by atoms with E-state index in [9.17, 15) is 24.6 Å². The Morgan fingerprint density at radius 1 is 0.652 bits per heavy atom. The van der Waals surface area contributed by atoms with Gasteiger partial charge in [0.15, 0.2) is 6.10 Å². The number of rotatable bonds is 14. The quantitative estimate of drug-likeness (QED) is 0.145. The molecule has 9 heteroatoms. The van der Waals surface area contributed by atoms with Gasteiger partial charge in [-0.05, 0) is 66.6 Å². The van der Waals surface area contributed by atoms with Crippen LogP contribution in [0.1, 0.15) is 30.5 Å². The van der Waals surface area contributed by atoms with E-state index in [-0.39, 0.29) is 13.0 Å². The molecule has 0 heterocycles. The molecule has 0 aromatic heterocycles. The average molecular weight is 646 g/mol. The number of carboxylic acid groups (broad SMARTS) is 1. The Kier molecular flexibility index (Phi) is 14.9. The van der Waals surface area contributed by atoms with Crippen molar-refractivity contribution in [3.63, 3.8) is 0 Å². The number of carbonyl (C=O) groups excluding carboxylic acids is 2. The second-order valence-corrected chi connectivity index (χ2v) is 10.9. The van der Waals surface area contributed by atoms with Crippen LogP contribution >= 0.6 is 11.6 Å². The molecule has 0 fully saturated rings. The van der Waals surface area contributed by atoms with Crippen molar-refractivity contribution in [1.82, 2.24) is 5.32 Å². The zero-order chi connectivity index (χ0) is 33.3. The van der Waals surface area contributed by atoms with Crippen LogP contribution in [-0.2, 0) is 43.1 Å². The van der Waals surface area contributed by atoms with Gasteiger partial charge in [0.2, 0.25) is 0 Å². The van der Waals surface area contributed by atoms with Crippen molar-refractivity contribution in [3.8, 4) is 11.1 Å². The maximum Gasteiger partial charge on any atom is 0.335 e. The molecule has 0 unspecified atom stereocenters.